The molecule has 0 radical (unpaired) electrons. The van der Waals surface area contributed by atoms with Gasteiger partial charge in [0.25, 0.3) is 0 Å². The SMILES string of the molecule is CCN1CCN(c2ccc(NS(=O)(=O)CC)cc2)CC1. The van der Waals surface area contributed by atoms with E-state index in [0.29, 0.717) is 5.69 Å². The van der Waals surface area contributed by atoms with Crippen LogP contribution < -0.4 is 9.62 Å². The van der Waals surface area contributed by atoms with Crippen LogP contribution in [0.3, 0.4) is 0 Å². The van der Waals surface area contributed by atoms with Crippen LogP contribution in [0.25, 0.3) is 0 Å². The summed E-state index contributed by atoms with van der Waals surface area (Å²) in [5, 5.41) is 0. The summed E-state index contributed by atoms with van der Waals surface area (Å²) < 4.78 is 25.6. The molecule has 0 aromatic heterocycles. The van der Waals surface area contributed by atoms with E-state index in [2.05, 4.69) is 21.4 Å². The van der Waals surface area contributed by atoms with Crippen LogP contribution in [-0.2, 0) is 10.0 Å². The predicted octanol–water partition coefficient (Wildman–Crippen LogP) is 1.59. The zero-order valence-electron chi connectivity index (χ0n) is 12.2. The molecule has 1 heterocycles. The Labute approximate surface area is 121 Å². The lowest BCUT2D eigenvalue weighted by Crippen LogP contribution is -2.46. The van der Waals surface area contributed by atoms with E-state index in [-0.39, 0.29) is 5.75 Å². The molecule has 1 N–H and O–H groups in total. The molecule has 0 aliphatic carbocycles. The van der Waals surface area contributed by atoms with E-state index in [0.717, 1.165) is 38.4 Å². The van der Waals surface area contributed by atoms with E-state index < -0.39 is 10.0 Å². The molecule has 2 rings (SSSR count). The first-order valence-electron chi connectivity index (χ1n) is 7.12. The monoisotopic (exact) mass is 297 g/mol. The van der Waals surface area contributed by atoms with Crippen LogP contribution >= 0.6 is 0 Å². The van der Waals surface area contributed by atoms with Crippen molar-refractivity contribution in [3.8, 4) is 0 Å². The van der Waals surface area contributed by atoms with Gasteiger partial charge < -0.3 is 9.80 Å². The summed E-state index contributed by atoms with van der Waals surface area (Å²) in [4.78, 5) is 4.77. The maximum absolute atomic E-state index is 11.5. The molecule has 0 saturated carbocycles. The largest absolute Gasteiger partial charge is 0.369 e. The summed E-state index contributed by atoms with van der Waals surface area (Å²) in [6.45, 7) is 9.13. The van der Waals surface area contributed by atoms with Gasteiger partial charge in [-0.15, -0.1) is 0 Å². The summed E-state index contributed by atoms with van der Waals surface area (Å²) in [6.07, 6.45) is 0. The first-order valence-corrected chi connectivity index (χ1v) is 8.77. The topological polar surface area (TPSA) is 52.6 Å². The van der Waals surface area contributed by atoms with Crippen LogP contribution in [0.1, 0.15) is 13.8 Å². The Morgan fingerprint density at radius 1 is 1.05 bits per heavy atom. The van der Waals surface area contributed by atoms with Crippen molar-refractivity contribution in [3.05, 3.63) is 24.3 Å². The number of anilines is 2. The molecule has 1 aliphatic heterocycles. The molecule has 6 heteroatoms. The minimum Gasteiger partial charge on any atom is -0.369 e. The number of nitrogens with zero attached hydrogens (tertiary/aromatic N) is 2. The van der Waals surface area contributed by atoms with Crippen molar-refractivity contribution in [1.29, 1.82) is 0 Å². The third kappa shape index (κ3) is 3.86. The highest BCUT2D eigenvalue weighted by Gasteiger charge is 2.15. The van der Waals surface area contributed by atoms with Gasteiger partial charge in [-0.25, -0.2) is 8.42 Å². The molecular weight excluding hydrogens is 274 g/mol. The molecule has 1 aliphatic rings. The Bertz CT molecular complexity index is 520. The molecule has 0 spiro atoms. The molecule has 0 amide bonds. The Morgan fingerprint density at radius 3 is 2.15 bits per heavy atom. The molecule has 20 heavy (non-hydrogen) atoms. The average Bonchev–Trinajstić information content (AvgIpc) is 2.48. The minimum atomic E-state index is -3.19. The van der Waals surface area contributed by atoms with Gasteiger partial charge in [-0.1, -0.05) is 6.92 Å². The second-order valence-electron chi connectivity index (χ2n) is 4.97. The normalized spacial score (nSPS) is 17.2. The lowest BCUT2D eigenvalue weighted by Gasteiger charge is -2.35. The molecule has 0 atom stereocenters. The Hall–Kier alpha value is -1.27. The summed E-state index contributed by atoms with van der Waals surface area (Å²) in [5.41, 5.74) is 1.78. The van der Waals surface area contributed by atoms with Gasteiger partial charge in [-0.3, -0.25) is 4.72 Å². The summed E-state index contributed by atoms with van der Waals surface area (Å²) >= 11 is 0. The van der Waals surface area contributed by atoms with Crippen LogP contribution in [0.4, 0.5) is 11.4 Å². The molecule has 1 fully saturated rings. The molecule has 1 aromatic rings. The summed E-state index contributed by atoms with van der Waals surface area (Å²) in [5.74, 6) is 0.0910. The molecule has 1 aromatic carbocycles. The van der Waals surface area contributed by atoms with Gasteiger partial charge in [0.1, 0.15) is 0 Å². The van der Waals surface area contributed by atoms with Gasteiger partial charge in [0.05, 0.1) is 5.75 Å². The molecule has 5 nitrogen and oxygen atoms in total. The lowest BCUT2D eigenvalue weighted by atomic mass is 10.2. The third-order valence-corrected chi connectivity index (χ3v) is 5.01. The minimum absolute atomic E-state index is 0.0910. The number of likely N-dealkylation sites (N-methyl/N-ethyl adjacent to an activating group) is 1. The maximum atomic E-state index is 11.5. The standard InChI is InChI=1S/C14H23N3O2S/c1-3-16-9-11-17(12-10-16)14-7-5-13(6-8-14)15-20(18,19)4-2/h5-8,15H,3-4,9-12H2,1-2H3. The number of benzene rings is 1. The third-order valence-electron chi connectivity index (χ3n) is 3.71. The van der Waals surface area contributed by atoms with E-state index in [4.69, 9.17) is 0 Å². The highest BCUT2D eigenvalue weighted by Crippen LogP contribution is 2.20. The van der Waals surface area contributed by atoms with Crippen molar-refractivity contribution in [2.24, 2.45) is 0 Å². The number of hydrogen-bond acceptors (Lipinski definition) is 4. The predicted molar refractivity (Wildman–Crippen MR) is 83.9 cm³/mol. The molecule has 0 unspecified atom stereocenters. The van der Waals surface area contributed by atoms with Crippen molar-refractivity contribution >= 4 is 21.4 Å². The lowest BCUT2D eigenvalue weighted by molar-refractivity contribution is 0.271. The fourth-order valence-corrected chi connectivity index (χ4v) is 2.95. The number of sulfonamides is 1. The van der Waals surface area contributed by atoms with Crippen molar-refractivity contribution in [3.63, 3.8) is 0 Å². The van der Waals surface area contributed by atoms with E-state index >= 15 is 0 Å². The van der Waals surface area contributed by atoms with Crippen molar-refractivity contribution in [2.45, 2.75) is 13.8 Å². The summed E-state index contributed by atoms with van der Waals surface area (Å²) in [6, 6.07) is 7.62. The molecule has 112 valence electrons. The van der Waals surface area contributed by atoms with Crippen molar-refractivity contribution < 1.29 is 8.42 Å². The number of hydrogen-bond donors (Lipinski definition) is 1. The van der Waals surface area contributed by atoms with Gasteiger partial charge >= 0.3 is 0 Å². The highest BCUT2D eigenvalue weighted by molar-refractivity contribution is 7.92. The van der Waals surface area contributed by atoms with Crippen LogP contribution in [-0.4, -0.2) is 51.8 Å². The van der Waals surface area contributed by atoms with Crippen molar-refractivity contribution in [1.82, 2.24) is 4.90 Å². The van der Waals surface area contributed by atoms with E-state index in [1.54, 1.807) is 6.92 Å². The molecular formula is C14H23N3O2S. The maximum Gasteiger partial charge on any atom is 0.232 e. The average molecular weight is 297 g/mol. The van der Waals surface area contributed by atoms with Crippen LogP contribution in [0.5, 0.6) is 0 Å². The van der Waals surface area contributed by atoms with Gasteiger partial charge in [-0.05, 0) is 37.7 Å². The smallest absolute Gasteiger partial charge is 0.232 e. The second kappa shape index (κ2) is 6.45. The zero-order chi connectivity index (χ0) is 14.6. The second-order valence-corrected chi connectivity index (χ2v) is 6.98. The van der Waals surface area contributed by atoms with Crippen LogP contribution in [0.15, 0.2) is 24.3 Å². The van der Waals surface area contributed by atoms with Crippen LogP contribution in [0.2, 0.25) is 0 Å². The first kappa shape index (κ1) is 15.1. The summed E-state index contributed by atoms with van der Waals surface area (Å²) in [7, 11) is -3.19. The number of rotatable bonds is 5. The molecule has 1 saturated heterocycles. The number of nitrogens with one attached hydrogen (secondary N) is 1. The van der Waals surface area contributed by atoms with Gasteiger partial charge in [0.15, 0.2) is 0 Å². The fraction of sp³-hybridized carbons (Fsp3) is 0.571. The fourth-order valence-electron chi connectivity index (χ4n) is 2.31. The van der Waals surface area contributed by atoms with E-state index in [1.165, 1.54) is 0 Å². The quantitative estimate of drug-likeness (QED) is 0.897. The Kier molecular flexibility index (Phi) is 4.88. The molecule has 0 bridgehead atoms. The Morgan fingerprint density at radius 2 is 1.65 bits per heavy atom. The first-order chi connectivity index (χ1) is 9.54. The van der Waals surface area contributed by atoms with E-state index in [1.807, 2.05) is 24.3 Å². The van der Waals surface area contributed by atoms with Gasteiger partial charge in [0.2, 0.25) is 10.0 Å². The van der Waals surface area contributed by atoms with E-state index in [9.17, 15) is 8.42 Å². The van der Waals surface area contributed by atoms with Gasteiger partial charge in [0, 0.05) is 37.6 Å². The van der Waals surface area contributed by atoms with Crippen molar-refractivity contribution in [2.75, 3.05) is 48.1 Å². The Balaban J connectivity index is 1.98. The highest BCUT2D eigenvalue weighted by atomic mass is 32.2. The van der Waals surface area contributed by atoms with Crippen LogP contribution in [0, 0.1) is 0 Å². The van der Waals surface area contributed by atoms with Gasteiger partial charge in [-0.2, -0.15) is 0 Å². The number of piperazine rings is 1. The zero-order valence-corrected chi connectivity index (χ0v) is 13.0.